The van der Waals surface area contributed by atoms with Gasteiger partial charge in [0.15, 0.2) is 0 Å². The van der Waals surface area contributed by atoms with E-state index in [0.717, 1.165) is 0 Å². The van der Waals surface area contributed by atoms with Crippen molar-refractivity contribution in [1.82, 2.24) is 9.97 Å². The fourth-order valence-corrected chi connectivity index (χ4v) is 3.39. The van der Waals surface area contributed by atoms with Crippen LogP contribution in [0.1, 0.15) is 23.0 Å². The van der Waals surface area contributed by atoms with Crippen molar-refractivity contribution in [3.63, 3.8) is 0 Å². The lowest BCUT2D eigenvalue weighted by Gasteiger charge is -2.09. The van der Waals surface area contributed by atoms with Crippen molar-refractivity contribution in [2.45, 2.75) is 18.7 Å². The number of ether oxygens (including phenoxy) is 1. The molecule has 3 aromatic rings. The molecule has 2 aromatic carbocycles. The van der Waals surface area contributed by atoms with Crippen LogP contribution in [0, 0.1) is 6.92 Å². The molecule has 0 unspecified atom stereocenters. The number of aryl methyl sites for hydroxylation is 1. The van der Waals surface area contributed by atoms with E-state index in [4.69, 9.17) is 4.74 Å². The molecule has 1 amide bonds. The Kier molecular flexibility index (Phi) is 6.07. The van der Waals surface area contributed by atoms with Crippen LogP contribution in [0.2, 0.25) is 0 Å². The summed E-state index contributed by atoms with van der Waals surface area (Å²) in [7, 11) is -3.87. The molecule has 0 aliphatic carbocycles. The maximum atomic E-state index is 12.5. The summed E-state index contributed by atoms with van der Waals surface area (Å²) < 4.78 is 32.1. The lowest BCUT2D eigenvalue weighted by Crippen LogP contribution is -2.16. The summed E-state index contributed by atoms with van der Waals surface area (Å²) in [6.45, 7) is 3.01. The highest BCUT2D eigenvalue weighted by atomic mass is 32.2. The Morgan fingerprint density at radius 3 is 2.23 bits per heavy atom. The zero-order valence-electron chi connectivity index (χ0n) is 16.1. The number of anilines is 2. The van der Waals surface area contributed by atoms with Crippen LogP contribution in [0.5, 0.6) is 5.75 Å². The number of hydrogen-bond donors (Lipinski definition) is 2. The molecule has 0 saturated heterocycles. The number of rotatable bonds is 6. The van der Waals surface area contributed by atoms with Gasteiger partial charge in [0.2, 0.25) is 5.95 Å². The third-order valence-corrected chi connectivity index (χ3v) is 5.17. The Balaban J connectivity index is 1.67. The minimum absolute atomic E-state index is 0.00339. The molecule has 1 heterocycles. The number of benzene rings is 2. The number of esters is 1. The van der Waals surface area contributed by atoms with Gasteiger partial charge in [-0.2, -0.15) is 0 Å². The number of sulfonamides is 1. The summed E-state index contributed by atoms with van der Waals surface area (Å²) in [4.78, 5) is 31.2. The molecule has 0 saturated carbocycles. The van der Waals surface area contributed by atoms with Crippen molar-refractivity contribution in [2.24, 2.45) is 0 Å². The Hall–Kier alpha value is -3.79. The average molecular weight is 426 g/mol. The van der Waals surface area contributed by atoms with Crippen LogP contribution in [0.15, 0.2) is 65.7 Å². The van der Waals surface area contributed by atoms with E-state index in [1.807, 2.05) is 0 Å². The molecule has 3 rings (SSSR count). The van der Waals surface area contributed by atoms with Gasteiger partial charge < -0.3 is 10.1 Å². The summed E-state index contributed by atoms with van der Waals surface area (Å²) >= 11 is 0. The summed E-state index contributed by atoms with van der Waals surface area (Å²) in [6, 6.07) is 13.3. The smallest absolute Gasteiger partial charge is 0.308 e. The molecule has 0 fully saturated rings. The molecule has 0 spiro atoms. The highest BCUT2D eigenvalue weighted by Gasteiger charge is 2.16. The SMILES string of the molecule is CC(=O)Oc1ccc(C(=O)Nc2ccc(S(=O)(=O)Nc3nccc(C)n3)cc2)cc1. The van der Waals surface area contributed by atoms with Gasteiger partial charge in [0.25, 0.3) is 15.9 Å². The van der Waals surface area contributed by atoms with Crippen LogP contribution >= 0.6 is 0 Å². The number of carbonyl (C=O) groups excluding carboxylic acids is 2. The number of amides is 1. The monoisotopic (exact) mass is 426 g/mol. The van der Waals surface area contributed by atoms with Crippen LogP contribution in [0.3, 0.4) is 0 Å². The Labute approximate surface area is 173 Å². The average Bonchev–Trinajstić information content (AvgIpc) is 2.68. The summed E-state index contributed by atoms with van der Waals surface area (Å²) in [6.07, 6.45) is 1.46. The largest absolute Gasteiger partial charge is 0.427 e. The second kappa shape index (κ2) is 8.70. The number of hydrogen-bond acceptors (Lipinski definition) is 7. The van der Waals surface area contributed by atoms with Crippen molar-refractivity contribution >= 4 is 33.5 Å². The van der Waals surface area contributed by atoms with E-state index in [9.17, 15) is 18.0 Å². The van der Waals surface area contributed by atoms with Crippen molar-refractivity contribution < 1.29 is 22.7 Å². The fourth-order valence-electron chi connectivity index (χ4n) is 2.44. The quantitative estimate of drug-likeness (QED) is 0.458. The lowest BCUT2D eigenvalue weighted by atomic mass is 10.2. The maximum absolute atomic E-state index is 12.5. The van der Waals surface area contributed by atoms with Gasteiger partial charge in [0.1, 0.15) is 5.75 Å². The number of nitrogens with one attached hydrogen (secondary N) is 2. The summed E-state index contributed by atoms with van der Waals surface area (Å²) in [5.41, 5.74) is 1.39. The van der Waals surface area contributed by atoms with Crippen molar-refractivity contribution in [3.05, 3.63) is 72.1 Å². The van der Waals surface area contributed by atoms with Crippen molar-refractivity contribution in [2.75, 3.05) is 10.0 Å². The van der Waals surface area contributed by atoms with E-state index in [2.05, 4.69) is 20.0 Å². The highest BCUT2D eigenvalue weighted by molar-refractivity contribution is 7.92. The maximum Gasteiger partial charge on any atom is 0.308 e. The van der Waals surface area contributed by atoms with Gasteiger partial charge in [0, 0.05) is 30.1 Å². The molecule has 2 N–H and O–H groups in total. The molecule has 0 radical (unpaired) electrons. The molecule has 9 nitrogen and oxygen atoms in total. The van der Waals surface area contributed by atoms with Crippen LogP contribution in [0.25, 0.3) is 0 Å². The summed E-state index contributed by atoms with van der Waals surface area (Å²) in [5, 5.41) is 2.67. The minimum Gasteiger partial charge on any atom is -0.427 e. The second-order valence-electron chi connectivity index (χ2n) is 6.22. The normalized spacial score (nSPS) is 10.9. The first-order chi connectivity index (χ1) is 14.2. The number of nitrogens with zero attached hydrogens (tertiary/aromatic N) is 2. The molecule has 10 heteroatoms. The van der Waals surface area contributed by atoms with Crippen LogP contribution in [-0.2, 0) is 14.8 Å². The molecule has 0 atom stereocenters. The van der Waals surface area contributed by atoms with E-state index in [1.165, 1.54) is 61.7 Å². The zero-order valence-corrected chi connectivity index (χ0v) is 16.9. The van der Waals surface area contributed by atoms with Gasteiger partial charge in [-0.05, 0) is 61.5 Å². The number of aromatic nitrogens is 2. The molecule has 0 bridgehead atoms. The second-order valence-corrected chi connectivity index (χ2v) is 7.91. The predicted octanol–water partition coefficient (Wildman–Crippen LogP) is 2.76. The fraction of sp³-hybridized carbons (Fsp3) is 0.100. The van der Waals surface area contributed by atoms with E-state index >= 15 is 0 Å². The van der Waals surface area contributed by atoms with Gasteiger partial charge >= 0.3 is 5.97 Å². The van der Waals surface area contributed by atoms with E-state index < -0.39 is 21.9 Å². The first-order valence-electron chi connectivity index (χ1n) is 8.75. The highest BCUT2D eigenvalue weighted by Crippen LogP contribution is 2.18. The summed E-state index contributed by atoms with van der Waals surface area (Å²) in [5.74, 6) is -0.541. The molecule has 154 valence electrons. The van der Waals surface area contributed by atoms with Gasteiger partial charge in [-0.25, -0.2) is 23.1 Å². The molecule has 1 aromatic heterocycles. The van der Waals surface area contributed by atoms with Crippen LogP contribution < -0.4 is 14.8 Å². The zero-order chi connectivity index (χ0) is 21.7. The van der Waals surface area contributed by atoms with Crippen molar-refractivity contribution in [3.8, 4) is 5.75 Å². The third-order valence-electron chi connectivity index (χ3n) is 3.82. The molecular formula is C20H18N4O5S. The van der Waals surface area contributed by atoms with E-state index in [-0.39, 0.29) is 10.8 Å². The lowest BCUT2D eigenvalue weighted by molar-refractivity contribution is -0.131. The van der Waals surface area contributed by atoms with E-state index in [0.29, 0.717) is 22.7 Å². The Bertz CT molecular complexity index is 1180. The first-order valence-corrected chi connectivity index (χ1v) is 10.2. The van der Waals surface area contributed by atoms with E-state index in [1.54, 1.807) is 13.0 Å². The topological polar surface area (TPSA) is 127 Å². The molecule has 0 aliphatic heterocycles. The minimum atomic E-state index is -3.87. The molecule has 0 aliphatic rings. The Morgan fingerprint density at radius 1 is 0.967 bits per heavy atom. The van der Waals surface area contributed by atoms with Crippen molar-refractivity contribution in [1.29, 1.82) is 0 Å². The van der Waals surface area contributed by atoms with Gasteiger partial charge in [-0.15, -0.1) is 0 Å². The third kappa shape index (κ3) is 5.39. The Morgan fingerprint density at radius 2 is 1.63 bits per heavy atom. The van der Waals surface area contributed by atoms with Gasteiger partial charge in [-0.1, -0.05) is 0 Å². The first kappa shape index (κ1) is 20.9. The van der Waals surface area contributed by atoms with Gasteiger partial charge in [0.05, 0.1) is 4.90 Å². The standard InChI is InChI=1S/C20H18N4O5S/c1-13-11-12-21-20(22-13)24-30(27,28)18-9-5-16(6-10-18)23-19(26)15-3-7-17(8-4-15)29-14(2)25/h3-12H,1-2H3,(H,23,26)(H,21,22,24). The van der Waals surface area contributed by atoms with Crippen LogP contribution in [-0.4, -0.2) is 30.3 Å². The van der Waals surface area contributed by atoms with Gasteiger partial charge in [-0.3, -0.25) is 9.59 Å². The van der Waals surface area contributed by atoms with Crippen LogP contribution in [0.4, 0.5) is 11.6 Å². The molecule has 30 heavy (non-hydrogen) atoms. The molecular weight excluding hydrogens is 408 g/mol. The predicted molar refractivity (Wildman–Crippen MR) is 110 cm³/mol. The number of carbonyl (C=O) groups is 2.